The van der Waals surface area contributed by atoms with Crippen LogP contribution in [-0.2, 0) is 17.9 Å². The van der Waals surface area contributed by atoms with Crippen LogP contribution in [0, 0.1) is 0 Å². The number of hydrogen-bond acceptors (Lipinski definition) is 4. The molecule has 2 aromatic rings. The lowest BCUT2D eigenvalue weighted by molar-refractivity contribution is 0.0572. The highest BCUT2D eigenvalue weighted by atomic mass is 16.5. The fourth-order valence-electron chi connectivity index (χ4n) is 3.59. The molecule has 1 fully saturated rings. The molecule has 0 saturated carbocycles. The van der Waals surface area contributed by atoms with Crippen molar-refractivity contribution in [3.05, 3.63) is 59.0 Å². The molecule has 1 amide bonds. The van der Waals surface area contributed by atoms with Gasteiger partial charge in [0, 0.05) is 20.2 Å². The van der Waals surface area contributed by atoms with Crippen molar-refractivity contribution in [2.24, 2.45) is 0 Å². The number of methoxy groups -OCH3 is 1. The lowest BCUT2D eigenvalue weighted by Crippen LogP contribution is -2.38. The van der Waals surface area contributed by atoms with Gasteiger partial charge in [0.2, 0.25) is 0 Å². The van der Waals surface area contributed by atoms with Gasteiger partial charge in [-0.15, -0.1) is 0 Å². The van der Waals surface area contributed by atoms with Crippen LogP contribution in [0.2, 0.25) is 0 Å². The summed E-state index contributed by atoms with van der Waals surface area (Å²) in [7, 11) is 5.75. The van der Waals surface area contributed by atoms with Crippen LogP contribution >= 0.6 is 0 Å². The second kappa shape index (κ2) is 8.52. The SMILES string of the molecule is COCc1ccc(C(=O)N2CCCC[C@H]2c2ccc(CN(C)C)cc2)o1. The average Bonchev–Trinajstić information content (AvgIpc) is 3.10. The lowest BCUT2D eigenvalue weighted by atomic mass is 9.94. The quantitative estimate of drug-likeness (QED) is 0.789. The molecule has 0 bridgehead atoms. The summed E-state index contributed by atoms with van der Waals surface area (Å²) < 4.78 is 10.7. The molecule has 3 rings (SSSR count). The third-order valence-corrected chi connectivity index (χ3v) is 4.79. The van der Waals surface area contributed by atoms with E-state index in [1.807, 2.05) is 11.0 Å². The van der Waals surface area contributed by atoms with Crippen molar-refractivity contribution in [1.29, 1.82) is 0 Å². The number of hydrogen-bond donors (Lipinski definition) is 0. The van der Waals surface area contributed by atoms with Gasteiger partial charge >= 0.3 is 0 Å². The zero-order valence-electron chi connectivity index (χ0n) is 15.9. The number of likely N-dealkylation sites (tertiary alicyclic amines) is 1. The molecule has 5 heteroatoms. The van der Waals surface area contributed by atoms with E-state index >= 15 is 0 Å². The number of carbonyl (C=O) groups is 1. The maximum atomic E-state index is 13.0. The van der Waals surface area contributed by atoms with Crippen LogP contribution in [0.1, 0.15) is 52.7 Å². The maximum Gasteiger partial charge on any atom is 0.290 e. The molecule has 5 nitrogen and oxygen atoms in total. The molecule has 1 aromatic carbocycles. The number of carbonyl (C=O) groups excluding carboxylic acids is 1. The van der Waals surface area contributed by atoms with Gasteiger partial charge in [0.15, 0.2) is 5.76 Å². The number of ether oxygens (including phenoxy) is 1. The standard InChI is InChI=1S/C21H28N2O3/c1-22(2)14-16-7-9-17(10-8-16)19-6-4-5-13-23(19)21(24)20-12-11-18(26-20)15-25-3/h7-12,19H,4-6,13-15H2,1-3H3/t19-/m0/s1. The Hall–Kier alpha value is -2.11. The molecule has 140 valence electrons. The Bertz CT molecular complexity index is 721. The molecule has 1 saturated heterocycles. The summed E-state index contributed by atoms with van der Waals surface area (Å²) >= 11 is 0. The highest BCUT2D eigenvalue weighted by molar-refractivity contribution is 5.92. The minimum Gasteiger partial charge on any atom is -0.453 e. The summed E-state index contributed by atoms with van der Waals surface area (Å²) in [5.74, 6) is 1.04. The van der Waals surface area contributed by atoms with Crippen molar-refractivity contribution in [2.75, 3.05) is 27.7 Å². The highest BCUT2D eigenvalue weighted by Crippen LogP contribution is 2.32. The number of furan rings is 1. The Labute approximate surface area is 155 Å². The van der Waals surface area contributed by atoms with E-state index in [4.69, 9.17) is 9.15 Å². The van der Waals surface area contributed by atoms with E-state index in [0.717, 1.165) is 32.4 Å². The predicted octanol–water partition coefficient (Wildman–Crippen LogP) is 3.86. The molecule has 1 aliphatic heterocycles. The van der Waals surface area contributed by atoms with E-state index in [1.165, 1.54) is 11.1 Å². The lowest BCUT2D eigenvalue weighted by Gasteiger charge is -2.35. The van der Waals surface area contributed by atoms with Gasteiger partial charge in [-0.25, -0.2) is 0 Å². The van der Waals surface area contributed by atoms with Crippen molar-refractivity contribution >= 4 is 5.91 Å². The smallest absolute Gasteiger partial charge is 0.290 e. The molecule has 0 N–H and O–H groups in total. The van der Waals surface area contributed by atoms with E-state index < -0.39 is 0 Å². The first kappa shape index (κ1) is 18.7. The van der Waals surface area contributed by atoms with Crippen molar-refractivity contribution < 1.29 is 13.9 Å². The number of benzene rings is 1. The molecule has 1 aliphatic rings. The van der Waals surface area contributed by atoms with E-state index in [1.54, 1.807) is 13.2 Å². The van der Waals surface area contributed by atoms with Crippen molar-refractivity contribution in [1.82, 2.24) is 9.80 Å². The number of nitrogens with zero attached hydrogens (tertiary/aromatic N) is 2. The Morgan fingerprint density at radius 3 is 2.65 bits per heavy atom. The third kappa shape index (κ3) is 4.34. The molecule has 0 radical (unpaired) electrons. The molecule has 1 atom stereocenters. The van der Waals surface area contributed by atoms with Gasteiger partial charge in [-0.2, -0.15) is 0 Å². The van der Waals surface area contributed by atoms with Gasteiger partial charge in [-0.1, -0.05) is 24.3 Å². The van der Waals surface area contributed by atoms with E-state index in [0.29, 0.717) is 18.1 Å². The fraction of sp³-hybridized carbons (Fsp3) is 0.476. The first-order valence-electron chi connectivity index (χ1n) is 9.20. The van der Waals surface area contributed by atoms with E-state index in [2.05, 4.69) is 43.3 Å². The van der Waals surface area contributed by atoms with E-state index in [9.17, 15) is 4.79 Å². The zero-order chi connectivity index (χ0) is 18.5. The normalized spacial score (nSPS) is 17.7. The molecule has 0 unspecified atom stereocenters. The maximum absolute atomic E-state index is 13.0. The predicted molar refractivity (Wildman–Crippen MR) is 101 cm³/mol. The summed E-state index contributed by atoms with van der Waals surface area (Å²) in [5.41, 5.74) is 2.48. The highest BCUT2D eigenvalue weighted by Gasteiger charge is 2.30. The summed E-state index contributed by atoms with van der Waals surface area (Å²) in [6, 6.07) is 12.3. The number of piperidine rings is 1. The molecule has 0 spiro atoms. The Kier molecular flexibility index (Phi) is 6.12. The Morgan fingerprint density at radius 2 is 1.96 bits per heavy atom. The van der Waals surface area contributed by atoms with Crippen molar-refractivity contribution in [3.63, 3.8) is 0 Å². The van der Waals surface area contributed by atoms with Crippen LogP contribution in [0.5, 0.6) is 0 Å². The van der Waals surface area contributed by atoms with Gasteiger partial charge in [0.1, 0.15) is 12.4 Å². The van der Waals surface area contributed by atoms with Crippen LogP contribution < -0.4 is 0 Å². The molecule has 1 aromatic heterocycles. The molecule has 0 aliphatic carbocycles. The van der Waals surface area contributed by atoms with Crippen molar-refractivity contribution in [2.45, 2.75) is 38.5 Å². The van der Waals surface area contributed by atoms with Crippen LogP contribution in [-0.4, -0.2) is 43.5 Å². The zero-order valence-corrected chi connectivity index (χ0v) is 15.9. The monoisotopic (exact) mass is 356 g/mol. The summed E-state index contributed by atoms with van der Waals surface area (Å²) in [4.78, 5) is 17.1. The minimum absolute atomic E-state index is 0.0329. The van der Waals surface area contributed by atoms with Crippen LogP contribution in [0.25, 0.3) is 0 Å². The number of rotatable bonds is 6. The van der Waals surface area contributed by atoms with Crippen LogP contribution in [0.3, 0.4) is 0 Å². The third-order valence-electron chi connectivity index (χ3n) is 4.79. The molecule has 2 heterocycles. The summed E-state index contributed by atoms with van der Waals surface area (Å²) in [5, 5.41) is 0. The van der Waals surface area contributed by atoms with Gasteiger partial charge in [-0.3, -0.25) is 4.79 Å². The second-order valence-corrected chi connectivity index (χ2v) is 7.19. The van der Waals surface area contributed by atoms with Crippen molar-refractivity contribution in [3.8, 4) is 0 Å². The summed E-state index contributed by atoms with van der Waals surface area (Å²) in [6.45, 7) is 2.07. The Balaban J connectivity index is 1.77. The molecular weight excluding hydrogens is 328 g/mol. The largest absolute Gasteiger partial charge is 0.453 e. The topological polar surface area (TPSA) is 45.9 Å². The first-order chi connectivity index (χ1) is 12.6. The van der Waals surface area contributed by atoms with Gasteiger partial charge < -0.3 is 19.0 Å². The first-order valence-corrected chi connectivity index (χ1v) is 9.20. The Morgan fingerprint density at radius 1 is 1.19 bits per heavy atom. The second-order valence-electron chi connectivity index (χ2n) is 7.19. The van der Waals surface area contributed by atoms with Crippen LogP contribution in [0.4, 0.5) is 0 Å². The fourth-order valence-corrected chi connectivity index (χ4v) is 3.59. The van der Waals surface area contributed by atoms with E-state index in [-0.39, 0.29) is 11.9 Å². The van der Waals surface area contributed by atoms with Gasteiger partial charge in [-0.05, 0) is 56.6 Å². The minimum atomic E-state index is -0.0329. The van der Waals surface area contributed by atoms with Crippen LogP contribution in [0.15, 0.2) is 40.8 Å². The molecular formula is C21H28N2O3. The van der Waals surface area contributed by atoms with Gasteiger partial charge in [0.05, 0.1) is 6.04 Å². The van der Waals surface area contributed by atoms with Gasteiger partial charge in [0.25, 0.3) is 5.91 Å². The number of amides is 1. The summed E-state index contributed by atoms with van der Waals surface area (Å²) in [6.07, 6.45) is 3.16. The molecule has 26 heavy (non-hydrogen) atoms. The average molecular weight is 356 g/mol.